The standard InChI is InChI=1S/C20H25N5O2/c1-15-5-6-16(25-11-4-8-21-25)13-18(15)22-19(26)20(27)24-12-7-17(14-24)23-9-2-3-10-23/h4-6,8,11,13,17H,2-3,7,9-10,12,14H2,1H3,(H,22,26). The minimum absolute atomic E-state index is 0.397. The van der Waals surface area contributed by atoms with E-state index in [1.54, 1.807) is 15.8 Å². The van der Waals surface area contributed by atoms with E-state index in [-0.39, 0.29) is 0 Å². The molecular formula is C20H25N5O2. The second kappa shape index (κ2) is 7.52. The zero-order valence-electron chi connectivity index (χ0n) is 15.6. The predicted molar refractivity (Wildman–Crippen MR) is 103 cm³/mol. The van der Waals surface area contributed by atoms with Gasteiger partial charge in [-0.05, 0) is 63.0 Å². The highest BCUT2D eigenvalue weighted by Crippen LogP contribution is 2.22. The summed E-state index contributed by atoms with van der Waals surface area (Å²) in [5, 5.41) is 6.99. The molecule has 1 N–H and O–H groups in total. The van der Waals surface area contributed by atoms with Crippen molar-refractivity contribution in [1.29, 1.82) is 0 Å². The van der Waals surface area contributed by atoms with E-state index in [9.17, 15) is 9.59 Å². The van der Waals surface area contributed by atoms with Crippen LogP contribution in [0.3, 0.4) is 0 Å². The largest absolute Gasteiger partial charge is 0.333 e. The molecule has 142 valence electrons. The highest BCUT2D eigenvalue weighted by atomic mass is 16.2. The number of anilines is 1. The van der Waals surface area contributed by atoms with Crippen molar-refractivity contribution in [1.82, 2.24) is 19.6 Å². The highest BCUT2D eigenvalue weighted by Gasteiger charge is 2.34. The van der Waals surface area contributed by atoms with Crippen LogP contribution in [0.15, 0.2) is 36.7 Å². The molecule has 1 unspecified atom stereocenters. The Morgan fingerprint density at radius 2 is 2.00 bits per heavy atom. The van der Waals surface area contributed by atoms with E-state index in [4.69, 9.17) is 0 Å². The lowest BCUT2D eigenvalue weighted by Crippen LogP contribution is -2.41. The van der Waals surface area contributed by atoms with E-state index in [0.29, 0.717) is 24.8 Å². The maximum absolute atomic E-state index is 12.6. The normalized spacial score (nSPS) is 20.2. The van der Waals surface area contributed by atoms with Gasteiger partial charge in [0.05, 0.1) is 5.69 Å². The minimum atomic E-state index is -0.571. The molecule has 7 heteroatoms. The van der Waals surface area contributed by atoms with Gasteiger partial charge in [-0.15, -0.1) is 0 Å². The van der Waals surface area contributed by atoms with Gasteiger partial charge in [0.25, 0.3) is 0 Å². The minimum Gasteiger partial charge on any atom is -0.333 e. The van der Waals surface area contributed by atoms with Gasteiger partial charge in [0.1, 0.15) is 0 Å². The molecule has 0 aliphatic carbocycles. The van der Waals surface area contributed by atoms with Crippen molar-refractivity contribution in [3.05, 3.63) is 42.2 Å². The fraction of sp³-hybridized carbons (Fsp3) is 0.450. The number of nitrogens with zero attached hydrogens (tertiary/aromatic N) is 4. The third kappa shape index (κ3) is 3.73. The molecule has 0 bridgehead atoms. The number of aromatic nitrogens is 2. The number of rotatable bonds is 3. The van der Waals surface area contributed by atoms with Crippen LogP contribution < -0.4 is 5.32 Å². The summed E-state index contributed by atoms with van der Waals surface area (Å²) in [6, 6.07) is 7.92. The number of hydrogen-bond donors (Lipinski definition) is 1. The first-order valence-corrected chi connectivity index (χ1v) is 9.57. The van der Waals surface area contributed by atoms with Crippen molar-refractivity contribution in [2.75, 3.05) is 31.5 Å². The highest BCUT2D eigenvalue weighted by molar-refractivity contribution is 6.39. The van der Waals surface area contributed by atoms with Crippen LogP contribution in [-0.4, -0.2) is 63.6 Å². The van der Waals surface area contributed by atoms with Gasteiger partial charge < -0.3 is 10.2 Å². The van der Waals surface area contributed by atoms with E-state index in [2.05, 4.69) is 15.3 Å². The van der Waals surface area contributed by atoms with Crippen LogP contribution in [0.25, 0.3) is 5.69 Å². The summed E-state index contributed by atoms with van der Waals surface area (Å²) in [6.07, 6.45) is 6.95. The van der Waals surface area contributed by atoms with Crippen LogP contribution in [0.5, 0.6) is 0 Å². The molecule has 2 saturated heterocycles. The van der Waals surface area contributed by atoms with Crippen LogP contribution in [-0.2, 0) is 9.59 Å². The van der Waals surface area contributed by atoms with Crippen LogP contribution in [0.4, 0.5) is 5.69 Å². The molecule has 27 heavy (non-hydrogen) atoms. The first-order chi connectivity index (χ1) is 13.1. The molecule has 3 heterocycles. The van der Waals surface area contributed by atoms with Gasteiger partial charge in [0.15, 0.2) is 0 Å². The molecule has 0 spiro atoms. The Bertz CT molecular complexity index is 827. The summed E-state index contributed by atoms with van der Waals surface area (Å²) in [4.78, 5) is 29.3. The quantitative estimate of drug-likeness (QED) is 0.840. The number of aryl methyl sites for hydroxylation is 1. The van der Waals surface area contributed by atoms with Gasteiger partial charge in [0, 0.05) is 37.2 Å². The van der Waals surface area contributed by atoms with Crippen LogP contribution in [0.2, 0.25) is 0 Å². The third-order valence-corrected chi connectivity index (χ3v) is 5.54. The fourth-order valence-corrected chi connectivity index (χ4v) is 3.96. The Balaban J connectivity index is 1.41. The second-order valence-corrected chi connectivity index (χ2v) is 7.34. The lowest BCUT2D eigenvalue weighted by molar-refractivity contribution is -0.142. The lowest BCUT2D eigenvalue weighted by atomic mass is 10.1. The number of carbonyl (C=O) groups excluding carboxylic acids is 2. The maximum Gasteiger partial charge on any atom is 0.313 e. The summed E-state index contributed by atoms with van der Waals surface area (Å²) < 4.78 is 1.72. The molecule has 2 fully saturated rings. The van der Waals surface area contributed by atoms with Crippen molar-refractivity contribution in [3.63, 3.8) is 0 Å². The fourth-order valence-electron chi connectivity index (χ4n) is 3.96. The summed E-state index contributed by atoms with van der Waals surface area (Å²) in [6.45, 7) is 5.43. The molecule has 4 rings (SSSR count). The maximum atomic E-state index is 12.6. The zero-order chi connectivity index (χ0) is 18.8. The number of nitrogens with one attached hydrogen (secondary N) is 1. The summed E-state index contributed by atoms with van der Waals surface area (Å²) in [5.41, 5.74) is 2.38. The Morgan fingerprint density at radius 3 is 2.74 bits per heavy atom. The van der Waals surface area contributed by atoms with Gasteiger partial charge in [0.2, 0.25) is 0 Å². The molecule has 0 saturated carbocycles. The summed E-state index contributed by atoms with van der Waals surface area (Å²) in [5.74, 6) is -1.02. The second-order valence-electron chi connectivity index (χ2n) is 7.34. The van der Waals surface area contributed by atoms with E-state index in [1.165, 1.54) is 12.8 Å². The molecule has 1 aromatic carbocycles. The number of hydrogen-bond acceptors (Lipinski definition) is 4. The predicted octanol–water partition coefficient (Wildman–Crippen LogP) is 1.82. The smallest absolute Gasteiger partial charge is 0.313 e. The molecule has 7 nitrogen and oxygen atoms in total. The molecule has 2 aliphatic rings. The molecule has 1 aromatic heterocycles. The molecular weight excluding hydrogens is 342 g/mol. The Morgan fingerprint density at radius 1 is 1.19 bits per heavy atom. The SMILES string of the molecule is Cc1ccc(-n2cccn2)cc1NC(=O)C(=O)N1CCC(N2CCCC2)C1. The van der Waals surface area contributed by atoms with E-state index < -0.39 is 11.8 Å². The van der Waals surface area contributed by atoms with Crippen molar-refractivity contribution in [2.45, 2.75) is 32.2 Å². The van der Waals surface area contributed by atoms with Gasteiger partial charge in [-0.25, -0.2) is 4.68 Å². The number of likely N-dealkylation sites (tertiary alicyclic amines) is 2. The molecule has 1 atom stereocenters. The van der Waals surface area contributed by atoms with Crippen LogP contribution in [0, 0.1) is 6.92 Å². The average Bonchev–Trinajstić information content (AvgIpc) is 3.43. The van der Waals surface area contributed by atoms with Crippen molar-refractivity contribution in [3.8, 4) is 5.69 Å². The van der Waals surface area contributed by atoms with Gasteiger partial charge in [-0.3, -0.25) is 14.5 Å². The Labute approximate surface area is 158 Å². The van der Waals surface area contributed by atoms with Gasteiger partial charge >= 0.3 is 11.8 Å². The third-order valence-electron chi connectivity index (χ3n) is 5.54. The molecule has 2 amide bonds. The molecule has 2 aromatic rings. The van der Waals surface area contributed by atoms with E-state index in [0.717, 1.165) is 30.8 Å². The van der Waals surface area contributed by atoms with Gasteiger partial charge in [-0.1, -0.05) is 6.07 Å². The summed E-state index contributed by atoms with van der Waals surface area (Å²) in [7, 11) is 0. The first-order valence-electron chi connectivity index (χ1n) is 9.57. The molecule has 0 radical (unpaired) electrons. The van der Waals surface area contributed by atoms with Crippen molar-refractivity contribution >= 4 is 17.5 Å². The average molecular weight is 367 g/mol. The Hall–Kier alpha value is -2.67. The topological polar surface area (TPSA) is 70.5 Å². The lowest BCUT2D eigenvalue weighted by Gasteiger charge is -2.23. The molecule has 2 aliphatic heterocycles. The Kier molecular flexibility index (Phi) is 4.94. The monoisotopic (exact) mass is 367 g/mol. The summed E-state index contributed by atoms with van der Waals surface area (Å²) >= 11 is 0. The van der Waals surface area contributed by atoms with Crippen molar-refractivity contribution < 1.29 is 9.59 Å². The van der Waals surface area contributed by atoms with Crippen molar-refractivity contribution in [2.24, 2.45) is 0 Å². The van der Waals surface area contributed by atoms with E-state index in [1.807, 2.05) is 37.4 Å². The van der Waals surface area contributed by atoms with E-state index >= 15 is 0 Å². The van der Waals surface area contributed by atoms with Crippen LogP contribution >= 0.6 is 0 Å². The van der Waals surface area contributed by atoms with Crippen LogP contribution in [0.1, 0.15) is 24.8 Å². The van der Waals surface area contributed by atoms with Gasteiger partial charge in [-0.2, -0.15) is 5.10 Å². The number of carbonyl (C=O) groups is 2. The number of amides is 2. The zero-order valence-corrected chi connectivity index (χ0v) is 15.6. The first kappa shape index (κ1) is 17.7. The number of benzene rings is 1.